The largest absolute Gasteiger partial charge is 0.494 e. The Morgan fingerprint density at radius 3 is 1.31 bits per heavy atom. The van der Waals surface area contributed by atoms with E-state index in [0.717, 1.165) is 40.8 Å². The van der Waals surface area contributed by atoms with Gasteiger partial charge in [0.05, 0.1) is 24.5 Å². The van der Waals surface area contributed by atoms with E-state index < -0.39 is 57.0 Å². The molecule has 0 unspecified atom stereocenters. The summed E-state index contributed by atoms with van der Waals surface area (Å²) in [5.41, 5.74) is 6.68. The fraction of sp³-hybridized carbons (Fsp3) is 0.347. The number of hydrogen-bond donors (Lipinski definition) is 2. The number of likely N-dealkylation sites (N-methyl/N-ethyl adjacent to an activating group) is 2. The van der Waals surface area contributed by atoms with Crippen LogP contribution in [0.25, 0.3) is 12.2 Å². The molecule has 2 N–H and O–H groups in total. The fourth-order valence-corrected chi connectivity index (χ4v) is 8.32. The summed E-state index contributed by atoms with van der Waals surface area (Å²) in [6, 6.07) is 15.6. The van der Waals surface area contributed by atoms with Gasteiger partial charge in [-0.3, -0.25) is 27.9 Å². The average molecular weight is 887 g/mol. The highest BCUT2D eigenvalue weighted by atomic mass is 16.5. The van der Waals surface area contributed by atoms with Crippen molar-refractivity contribution in [2.45, 2.75) is 85.0 Å². The van der Waals surface area contributed by atoms with Crippen LogP contribution in [0.15, 0.2) is 115 Å². The molecule has 2 aromatic heterocycles. The minimum atomic E-state index is -0.935. The Balaban J connectivity index is 1.42. The predicted molar refractivity (Wildman–Crippen MR) is 248 cm³/mol. The molecule has 6 rings (SSSR count). The minimum absolute atomic E-state index is 0.0999. The Morgan fingerprint density at radius 1 is 0.615 bits per heavy atom. The topological polar surface area (TPSA) is 188 Å². The maximum Gasteiger partial charge on any atom is 0.333 e. The number of fused-ring (bicyclic) bond motifs is 2. The number of rotatable bonds is 14. The average Bonchev–Trinajstić information content (AvgIpc) is 3.58. The second-order valence-corrected chi connectivity index (χ2v) is 17.1. The van der Waals surface area contributed by atoms with Crippen LogP contribution in [0, 0.1) is 0 Å². The Morgan fingerprint density at radius 2 is 0.969 bits per heavy atom. The number of para-hydroxylation sites is 2. The van der Waals surface area contributed by atoms with Crippen molar-refractivity contribution in [3.8, 4) is 11.8 Å². The zero-order valence-electron chi connectivity index (χ0n) is 38.0. The Kier molecular flexibility index (Phi) is 13.2. The van der Waals surface area contributed by atoms with Gasteiger partial charge in [-0.2, -0.15) is 0 Å². The van der Waals surface area contributed by atoms with E-state index in [0.29, 0.717) is 11.4 Å². The van der Waals surface area contributed by atoms with Crippen LogP contribution in [-0.2, 0) is 56.1 Å². The van der Waals surface area contributed by atoms with Crippen molar-refractivity contribution in [2.75, 3.05) is 37.1 Å². The second-order valence-electron chi connectivity index (χ2n) is 17.1. The Bertz CT molecular complexity index is 2830. The summed E-state index contributed by atoms with van der Waals surface area (Å²) in [6.45, 7) is 16.0. The molecule has 0 amide bonds. The molecule has 4 aromatic rings. The molecule has 2 aliphatic rings. The predicted octanol–water partition coefficient (Wildman–Crippen LogP) is 4.92. The number of esters is 2. The van der Waals surface area contributed by atoms with Gasteiger partial charge < -0.3 is 29.5 Å². The summed E-state index contributed by atoms with van der Waals surface area (Å²) < 4.78 is 13.9. The van der Waals surface area contributed by atoms with Gasteiger partial charge in [0, 0.05) is 72.7 Å². The number of benzene rings is 2. The van der Waals surface area contributed by atoms with Crippen LogP contribution >= 0.6 is 0 Å². The normalized spacial score (nSPS) is 14.3. The molecular formula is C49H54N6O10. The minimum Gasteiger partial charge on any atom is -0.494 e. The molecule has 0 aliphatic carbocycles. The lowest BCUT2D eigenvalue weighted by molar-refractivity contribution is -0.140. The molecule has 0 spiro atoms. The maximum absolute atomic E-state index is 14.0. The third kappa shape index (κ3) is 8.73. The van der Waals surface area contributed by atoms with Crippen LogP contribution in [0.3, 0.4) is 0 Å². The number of anilines is 2. The van der Waals surface area contributed by atoms with Gasteiger partial charge >= 0.3 is 23.3 Å². The summed E-state index contributed by atoms with van der Waals surface area (Å²) in [7, 11) is 3.72. The number of ether oxygens (including phenoxy) is 2. The standard InChI is InChI=1S/C49H54N6O10/c1-30(2)44(60)64-28-26-54-42(58)32(20-22-38-48(5,6)34-16-11-13-18-36(34)50(38)9)40(56)52(46(54)62)24-15-25-53-41(57)33(43(59)55(47(53)63)27-29-65-45(61)31(3)4)21-23-39-49(7,8)35-17-12-14-19-37(35)51(39)10/h11-14,16-21,56-57H,1,3,15,24-29H2,2,4-10H3. The molecule has 0 saturated carbocycles. The third-order valence-corrected chi connectivity index (χ3v) is 11.9. The van der Waals surface area contributed by atoms with Gasteiger partial charge in [0.2, 0.25) is 11.8 Å². The first-order valence-corrected chi connectivity index (χ1v) is 21.0. The van der Waals surface area contributed by atoms with Gasteiger partial charge in [-0.25, -0.2) is 19.2 Å². The zero-order chi connectivity index (χ0) is 47.7. The van der Waals surface area contributed by atoms with Gasteiger partial charge in [0.15, 0.2) is 0 Å². The number of hydrogen-bond acceptors (Lipinski definition) is 12. The summed E-state index contributed by atoms with van der Waals surface area (Å²) in [5, 5.41) is 23.3. The molecular weight excluding hydrogens is 833 g/mol. The molecule has 0 atom stereocenters. The molecule has 65 heavy (non-hydrogen) atoms. The molecule has 2 aromatic carbocycles. The van der Waals surface area contributed by atoms with Gasteiger partial charge in [-0.05, 0) is 71.2 Å². The van der Waals surface area contributed by atoms with E-state index in [-0.39, 0.29) is 68.1 Å². The summed E-state index contributed by atoms with van der Waals surface area (Å²) in [5.74, 6) is -2.80. The van der Waals surface area contributed by atoms with Crippen molar-refractivity contribution in [1.82, 2.24) is 18.3 Å². The SMILES string of the molecule is C=C(C)C(=O)OCCn1c(=O)c(C=C=C2N(C)c3ccccc3C2(C)C)c(O)n(CCCn2c(O)c(C=C=C3N(C)c4ccccc4C3(C)C)c(=O)n(CCOC(=O)C(=C)C)c2=O)c1=O. The van der Waals surface area contributed by atoms with Crippen LogP contribution in [0.5, 0.6) is 11.8 Å². The number of carbonyl (C=O) groups is 2. The molecule has 0 radical (unpaired) electrons. The third-order valence-electron chi connectivity index (χ3n) is 11.9. The molecule has 2 aliphatic heterocycles. The Labute approximate surface area is 375 Å². The molecule has 0 bridgehead atoms. The van der Waals surface area contributed by atoms with E-state index in [2.05, 4.69) is 24.6 Å². The highest BCUT2D eigenvalue weighted by molar-refractivity contribution is 5.87. The first-order valence-electron chi connectivity index (χ1n) is 21.0. The first-order chi connectivity index (χ1) is 30.6. The van der Waals surface area contributed by atoms with Crippen LogP contribution in [0.1, 0.15) is 70.2 Å². The quantitative estimate of drug-likeness (QED) is 0.0991. The lowest BCUT2D eigenvalue weighted by atomic mass is 9.84. The number of nitrogens with zero attached hydrogens (tertiary/aromatic N) is 6. The highest BCUT2D eigenvalue weighted by Crippen LogP contribution is 2.47. The summed E-state index contributed by atoms with van der Waals surface area (Å²) >= 11 is 0. The molecule has 0 saturated heterocycles. The van der Waals surface area contributed by atoms with E-state index in [1.165, 1.54) is 26.0 Å². The summed E-state index contributed by atoms with van der Waals surface area (Å²) in [4.78, 5) is 84.1. The van der Waals surface area contributed by atoms with Crippen molar-refractivity contribution >= 4 is 35.5 Å². The smallest absolute Gasteiger partial charge is 0.333 e. The molecule has 16 nitrogen and oxygen atoms in total. The molecule has 16 heteroatoms. The van der Waals surface area contributed by atoms with Crippen molar-refractivity contribution in [3.05, 3.63) is 160 Å². The zero-order valence-corrected chi connectivity index (χ0v) is 38.0. The van der Waals surface area contributed by atoms with Crippen molar-refractivity contribution < 1.29 is 29.3 Å². The van der Waals surface area contributed by atoms with Crippen molar-refractivity contribution in [1.29, 1.82) is 0 Å². The van der Waals surface area contributed by atoms with Gasteiger partial charge in [0.25, 0.3) is 11.1 Å². The van der Waals surface area contributed by atoms with Crippen molar-refractivity contribution in [3.63, 3.8) is 0 Å². The lowest BCUT2D eigenvalue weighted by Crippen LogP contribution is -2.43. The van der Waals surface area contributed by atoms with E-state index in [1.807, 2.05) is 100 Å². The van der Waals surface area contributed by atoms with Gasteiger partial charge in [-0.1, -0.05) is 61.0 Å². The fourth-order valence-electron chi connectivity index (χ4n) is 8.32. The van der Waals surface area contributed by atoms with Crippen LogP contribution in [0.2, 0.25) is 0 Å². The number of aromatic hydroxyl groups is 2. The van der Waals surface area contributed by atoms with Gasteiger partial charge in [-0.15, -0.1) is 0 Å². The number of aromatic nitrogens is 4. The van der Waals surface area contributed by atoms with E-state index in [4.69, 9.17) is 9.47 Å². The maximum atomic E-state index is 14.0. The van der Waals surface area contributed by atoms with E-state index in [9.17, 15) is 39.0 Å². The highest BCUT2D eigenvalue weighted by Gasteiger charge is 2.39. The van der Waals surface area contributed by atoms with Crippen LogP contribution < -0.4 is 32.3 Å². The van der Waals surface area contributed by atoms with Gasteiger partial charge in [0.1, 0.15) is 24.3 Å². The molecule has 340 valence electrons. The van der Waals surface area contributed by atoms with E-state index in [1.54, 1.807) is 0 Å². The van der Waals surface area contributed by atoms with E-state index >= 15 is 0 Å². The summed E-state index contributed by atoms with van der Waals surface area (Å²) in [6.07, 6.45) is 2.52. The van der Waals surface area contributed by atoms with Crippen molar-refractivity contribution in [2.24, 2.45) is 0 Å². The monoisotopic (exact) mass is 886 g/mol. The number of allylic oxidation sites excluding steroid dienone is 2. The molecule has 0 fully saturated rings. The Hall–Kier alpha value is -7.54. The lowest BCUT2D eigenvalue weighted by Gasteiger charge is -2.22. The van der Waals surface area contributed by atoms with Crippen LogP contribution in [0.4, 0.5) is 11.4 Å². The number of carbonyl (C=O) groups excluding carboxylic acids is 2. The first kappa shape index (κ1) is 47.0. The van der Waals surface area contributed by atoms with Crippen LogP contribution in [-0.4, -0.2) is 67.7 Å². The second kappa shape index (κ2) is 18.3. The molecule has 4 heterocycles.